The highest BCUT2D eigenvalue weighted by molar-refractivity contribution is 6.22. The minimum absolute atomic E-state index is 0.0400. The van der Waals surface area contributed by atoms with Crippen LogP contribution in [-0.2, 0) is 30.8 Å². The number of hydrogen-bond donors (Lipinski definition) is 3. The van der Waals surface area contributed by atoms with E-state index in [0.29, 0.717) is 75.8 Å². The van der Waals surface area contributed by atoms with Gasteiger partial charge in [0.25, 0.3) is 23.6 Å². The highest BCUT2D eigenvalue weighted by atomic mass is 16.5. The van der Waals surface area contributed by atoms with Gasteiger partial charge in [-0.1, -0.05) is 34.3 Å². The number of ether oxygens (including phenoxy) is 1. The van der Waals surface area contributed by atoms with Crippen LogP contribution in [0, 0.1) is 17.8 Å². The van der Waals surface area contributed by atoms with Crippen molar-refractivity contribution in [3.05, 3.63) is 107 Å². The van der Waals surface area contributed by atoms with Gasteiger partial charge in [0.1, 0.15) is 11.5 Å². The van der Waals surface area contributed by atoms with Crippen molar-refractivity contribution in [1.29, 1.82) is 0 Å². The molecule has 4 amide bonds. The van der Waals surface area contributed by atoms with Crippen LogP contribution in [0.4, 0.5) is 34.4 Å². The lowest BCUT2D eigenvalue weighted by Gasteiger charge is -2.48. The zero-order valence-corrected chi connectivity index (χ0v) is 45.9. The first-order chi connectivity index (χ1) is 36.8. The summed E-state index contributed by atoms with van der Waals surface area (Å²) in [5.74, 6) is 0.160. The lowest BCUT2D eigenvalue weighted by atomic mass is 9.75. The number of imide groups is 1. The first-order valence-electron chi connectivity index (χ1n) is 27.5. The molecule has 17 nitrogen and oxygen atoms in total. The molecule has 0 bridgehead atoms. The number of piperidine rings is 1. The van der Waals surface area contributed by atoms with E-state index in [2.05, 4.69) is 94.9 Å². The number of aliphatic hydroxyl groups is 1. The molecule has 3 aromatic heterocycles. The van der Waals surface area contributed by atoms with Crippen LogP contribution in [0.1, 0.15) is 134 Å². The number of aromatic nitrogens is 4. The van der Waals surface area contributed by atoms with E-state index in [9.17, 15) is 24.3 Å². The van der Waals surface area contributed by atoms with Crippen LogP contribution in [-0.4, -0.2) is 122 Å². The summed E-state index contributed by atoms with van der Waals surface area (Å²) in [6.07, 6.45) is 12.0. The average Bonchev–Trinajstić information content (AvgIpc) is 4.11. The topological polar surface area (TPSA) is 182 Å². The number of benzene rings is 2. The summed E-state index contributed by atoms with van der Waals surface area (Å²) in [5.41, 5.74) is 10.3. The van der Waals surface area contributed by atoms with Crippen molar-refractivity contribution < 1.29 is 29.0 Å². The molecule has 3 fully saturated rings. The molecule has 11 rings (SSSR count). The van der Waals surface area contributed by atoms with Crippen LogP contribution in [0.15, 0.2) is 67.5 Å². The number of methoxy groups -OCH3 is 1. The minimum Gasteiger partial charge on any atom is -0.478 e. The van der Waals surface area contributed by atoms with E-state index in [-0.39, 0.29) is 65.1 Å². The Balaban J connectivity index is 0.774. The van der Waals surface area contributed by atoms with E-state index in [1.54, 1.807) is 28.3 Å². The summed E-state index contributed by atoms with van der Waals surface area (Å²) >= 11 is 0. The molecule has 0 radical (unpaired) electrons. The largest absolute Gasteiger partial charge is 0.478 e. The second-order valence-corrected chi connectivity index (χ2v) is 23.9. The maximum Gasteiger partial charge on any atom is 0.276 e. The van der Waals surface area contributed by atoms with Gasteiger partial charge in [-0.2, -0.15) is 0 Å². The number of nitrogens with zero attached hydrogens (tertiary/aromatic N) is 9. The summed E-state index contributed by atoms with van der Waals surface area (Å²) in [7, 11) is 1.52. The number of amides is 4. The Kier molecular flexibility index (Phi) is 13.5. The average molecular weight is 1040 g/mol. The first-order valence-corrected chi connectivity index (χ1v) is 27.5. The molecule has 1 saturated carbocycles. The van der Waals surface area contributed by atoms with Crippen LogP contribution >= 0.6 is 0 Å². The van der Waals surface area contributed by atoms with E-state index in [4.69, 9.17) is 9.72 Å². The molecule has 17 heteroatoms. The number of pyridine rings is 1. The van der Waals surface area contributed by atoms with Crippen LogP contribution in [0.3, 0.4) is 0 Å². The summed E-state index contributed by atoms with van der Waals surface area (Å²) < 4.78 is 7.85. The Morgan fingerprint density at radius 1 is 0.831 bits per heavy atom. The smallest absolute Gasteiger partial charge is 0.276 e. The van der Waals surface area contributed by atoms with E-state index in [1.807, 2.05) is 36.4 Å². The summed E-state index contributed by atoms with van der Waals surface area (Å²) in [6, 6.07) is 14.2. The van der Waals surface area contributed by atoms with Gasteiger partial charge in [-0.25, -0.2) is 15.0 Å². The number of aryl methyl sites for hydroxylation is 1. The van der Waals surface area contributed by atoms with Gasteiger partial charge in [0.15, 0.2) is 5.82 Å². The third-order valence-corrected chi connectivity index (χ3v) is 17.5. The van der Waals surface area contributed by atoms with Crippen LogP contribution < -0.4 is 30.1 Å². The van der Waals surface area contributed by atoms with Gasteiger partial charge in [0, 0.05) is 97.8 Å². The third kappa shape index (κ3) is 9.52. The lowest BCUT2D eigenvalue weighted by molar-refractivity contribution is -0.111. The highest BCUT2D eigenvalue weighted by Crippen LogP contribution is 2.44. The Bertz CT molecular complexity index is 3210. The van der Waals surface area contributed by atoms with Crippen molar-refractivity contribution in [1.82, 2.24) is 29.3 Å². The second kappa shape index (κ2) is 20.0. The van der Waals surface area contributed by atoms with Gasteiger partial charge in [0.05, 0.1) is 48.1 Å². The number of nitrogens with one attached hydrogen (secondary N) is 2. The molecule has 0 spiro atoms. The fourth-order valence-electron chi connectivity index (χ4n) is 13.4. The van der Waals surface area contributed by atoms with Crippen molar-refractivity contribution in [2.45, 2.75) is 137 Å². The van der Waals surface area contributed by atoms with Gasteiger partial charge in [-0.3, -0.25) is 33.9 Å². The quantitative estimate of drug-likeness (QED) is 0.0797. The van der Waals surface area contributed by atoms with Crippen LogP contribution in [0.2, 0.25) is 0 Å². The predicted molar refractivity (Wildman–Crippen MR) is 300 cm³/mol. The van der Waals surface area contributed by atoms with E-state index < -0.39 is 0 Å². The minimum atomic E-state index is -0.383. The van der Waals surface area contributed by atoms with Crippen molar-refractivity contribution in [3.8, 4) is 17.1 Å². The highest BCUT2D eigenvalue weighted by Gasteiger charge is 2.44. The number of carbonyl (C=O) groups excluding carboxylic acids is 4. The predicted octanol–water partition coefficient (Wildman–Crippen LogP) is 8.94. The number of fused-ring (bicyclic) bond motifs is 4. The Morgan fingerprint density at radius 2 is 1.58 bits per heavy atom. The van der Waals surface area contributed by atoms with Crippen LogP contribution in [0.5, 0.6) is 5.88 Å². The van der Waals surface area contributed by atoms with Crippen molar-refractivity contribution in [2.75, 3.05) is 65.2 Å². The SMILES string of the molecule is C=CC(=O)Nc1cc(Nc2nc(-c3ccnc(N4CCn5c(cc6c5CC(C)(C)C6)C4=O)c3CO)cnc2OC)ccc1N1CCN(C2CCN(c3cc4c(cc3C)C(=O)N(C3CCC(C)(C)CC3)C4=O)[C@@H](C)C2)C[C@@H]1C. The maximum atomic E-state index is 14.1. The second-order valence-electron chi connectivity index (χ2n) is 23.9. The van der Waals surface area contributed by atoms with Gasteiger partial charge in [0.2, 0.25) is 5.91 Å². The summed E-state index contributed by atoms with van der Waals surface area (Å²) in [4.78, 5) is 79.6. The number of carbonyl (C=O) groups is 4. The van der Waals surface area contributed by atoms with E-state index >= 15 is 0 Å². The van der Waals surface area contributed by atoms with Gasteiger partial charge >= 0.3 is 0 Å². The molecule has 3 atom stereocenters. The third-order valence-electron chi connectivity index (χ3n) is 17.5. The lowest BCUT2D eigenvalue weighted by Crippen LogP contribution is -2.58. The normalized spacial score (nSPS) is 22.2. The van der Waals surface area contributed by atoms with Gasteiger partial charge < -0.3 is 34.8 Å². The van der Waals surface area contributed by atoms with Gasteiger partial charge in [-0.15, -0.1) is 0 Å². The molecule has 2 aromatic carbocycles. The Labute approximate surface area is 451 Å². The number of aliphatic hydroxyl groups excluding tert-OH is 1. The molecular formula is C60H73N11O6. The maximum absolute atomic E-state index is 14.1. The van der Waals surface area contributed by atoms with Crippen molar-refractivity contribution >= 4 is 58.0 Å². The van der Waals surface area contributed by atoms with Crippen molar-refractivity contribution in [3.63, 3.8) is 0 Å². The Morgan fingerprint density at radius 3 is 2.30 bits per heavy atom. The first kappa shape index (κ1) is 52.0. The molecule has 2 saturated heterocycles. The molecule has 2 aliphatic carbocycles. The summed E-state index contributed by atoms with van der Waals surface area (Å²) in [5, 5.41) is 17.3. The molecule has 77 heavy (non-hydrogen) atoms. The van der Waals surface area contributed by atoms with Crippen LogP contribution in [0.25, 0.3) is 11.3 Å². The number of hydrogen-bond acceptors (Lipinski definition) is 13. The fraction of sp³-hybridized carbons (Fsp3) is 0.483. The molecule has 5 aromatic rings. The Hall–Kier alpha value is -7.11. The zero-order valence-electron chi connectivity index (χ0n) is 45.9. The number of rotatable bonds is 12. The monoisotopic (exact) mass is 1040 g/mol. The molecule has 7 heterocycles. The zero-order chi connectivity index (χ0) is 54.2. The fourth-order valence-corrected chi connectivity index (χ4v) is 13.4. The standard InChI is InChI=1S/C60H73N11O6/c1-10-52(73)64-46-28-39(63-53-55(77-9)62-32-47(65-53)42-15-19-61-54(45(42)34-72)70-24-23-69-50(58(70)76)27-38-30-60(7,8)31-51(38)69)11-12-48(46)68-22-21-66(33-37(68)4)41-16-20-67(36(3)26-41)49-29-44-43(25-35(49)2)56(74)71(57(44)75)40-13-17-59(5,6)18-14-40/h10-12,15,19,25,27-29,32,36-37,40-41,72H,1,13-14,16-18,20-24,26,30-31,33-34H2,2-9H3,(H,63,65)(H,64,73)/t36-,37-,41?/m0/s1. The number of piperazine rings is 1. The van der Waals surface area contributed by atoms with Crippen molar-refractivity contribution in [2.24, 2.45) is 10.8 Å². The molecule has 1 unspecified atom stereocenters. The summed E-state index contributed by atoms with van der Waals surface area (Å²) in [6.45, 7) is 23.3. The molecule has 404 valence electrons. The number of anilines is 6. The van der Waals surface area contributed by atoms with E-state index in [1.165, 1.54) is 24.4 Å². The van der Waals surface area contributed by atoms with E-state index in [0.717, 1.165) is 94.5 Å². The molecule has 3 N–H and O–H groups in total. The molecule has 4 aliphatic heterocycles. The van der Waals surface area contributed by atoms with Gasteiger partial charge in [-0.05, 0) is 143 Å². The molecular weight excluding hydrogens is 971 g/mol. The molecule has 6 aliphatic rings.